The average Bonchev–Trinajstić information content (AvgIpc) is 3.14. The summed E-state index contributed by atoms with van der Waals surface area (Å²) in [5.74, 6) is -0.642. The molecule has 0 bridgehead atoms. The number of carbonyl (C=O) groups is 1. The molecule has 0 atom stereocenters. The van der Waals surface area contributed by atoms with Crippen LogP contribution >= 0.6 is 23.1 Å². The predicted molar refractivity (Wildman–Crippen MR) is 104 cm³/mol. The number of alkyl halides is 3. The number of hydrogen-bond donors (Lipinski definition) is 2. The van der Waals surface area contributed by atoms with Gasteiger partial charge in [0.05, 0.1) is 11.3 Å². The maximum Gasteiger partial charge on any atom is 0.416 e. The van der Waals surface area contributed by atoms with Crippen LogP contribution in [0.5, 0.6) is 0 Å². The normalized spacial score (nSPS) is 11.3. The van der Waals surface area contributed by atoms with Crippen LogP contribution in [0.3, 0.4) is 0 Å². The van der Waals surface area contributed by atoms with E-state index in [0.29, 0.717) is 16.0 Å². The number of benzene rings is 2. The summed E-state index contributed by atoms with van der Waals surface area (Å²) in [5, 5.41) is 14.1. The van der Waals surface area contributed by atoms with Crippen LogP contribution in [0.15, 0.2) is 52.9 Å². The molecule has 0 saturated heterocycles. The molecule has 0 saturated carbocycles. The quantitative estimate of drug-likeness (QED) is 0.397. The van der Waals surface area contributed by atoms with E-state index in [0.717, 1.165) is 29.5 Å². The Bertz CT molecular complexity index is 959. The zero-order valence-corrected chi connectivity index (χ0v) is 16.3. The summed E-state index contributed by atoms with van der Waals surface area (Å²) in [6.45, 7) is 0.452. The first-order valence-corrected chi connectivity index (χ1v) is 10.0. The van der Waals surface area contributed by atoms with Gasteiger partial charge in [0.25, 0.3) is 0 Å². The first-order valence-electron chi connectivity index (χ1n) is 8.21. The Labute approximate surface area is 171 Å². The Morgan fingerprint density at radius 2 is 1.72 bits per heavy atom. The van der Waals surface area contributed by atoms with Gasteiger partial charge in [0.2, 0.25) is 11.0 Å². The number of thioether (sulfide) groups is 1. The lowest BCUT2D eigenvalue weighted by Gasteiger charge is -2.08. The molecular formula is C18H14F4N4OS2. The zero-order valence-electron chi connectivity index (χ0n) is 14.7. The van der Waals surface area contributed by atoms with Crippen molar-refractivity contribution in [2.75, 3.05) is 16.4 Å². The number of nitrogens with zero attached hydrogens (tertiary/aromatic N) is 2. The summed E-state index contributed by atoms with van der Waals surface area (Å²) in [4.78, 5) is 12.0. The van der Waals surface area contributed by atoms with Gasteiger partial charge in [-0.15, -0.1) is 10.2 Å². The third kappa shape index (κ3) is 6.43. The van der Waals surface area contributed by atoms with Crippen molar-refractivity contribution in [3.05, 3.63) is 65.5 Å². The van der Waals surface area contributed by atoms with Crippen LogP contribution in [-0.4, -0.2) is 21.9 Å². The van der Waals surface area contributed by atoms with Crippen LogP contribution in [0, 0.1) is 5.82 Å². The van der Waals surface area contributed by atoms with Crippen LogP contribution in [0.2, 0.25) is 0 Å². The van der Waals surface area contributed by atoms with Gasteiger partial charge in [-0.25, -0.2) is 4.39 Å². The highest BCUT2D eigenvalue weighted by atomic mass is 32.2. The highest BCUT2D eigenvalue weighted by Crippen LogP contribution is 2.30. The Balaban J connectivity index is 1.45. The Kier molecular flexibility index (Phi) is 6.70. The molecule has 2 N–H and O–H groups in total. The molecule has 0 aliphatic heterocycles. The molecule has 3 rings (SSSR count). The summed E-state index contributed by atoms with van der Waals surface area (Å²) >= 11 is 2.42. The second kappa shape index (κ2) is 9.23. The monoisotopic (exact) mass is 442 g/mol. The summed E-state index contributed by atoms with van der Waals surface area (Å²) in [6.07, 6.45) is -4.42. The Hall–Kier alpha value is -2.66. The van der Waals surface area contributed by atoms with Crippen LogP contribution < -0.4 is 10.6 Å². The fourth-order valence-electron chi connectivity index (χ4n) is 2.19. The second-order valence-electron chi connectivity index (χ2n) is 5.77. The van der Waals surface area contributed by atoms with Crippen molar-refractivity contribution in [1.29, 1.82) is 0 Å². The van der Waals surface area contributed by atoms with Crippen molar-refractivity contribution >= 4 is 39.8 Å². The molecule has 11 heteroatoms. The lowest BCUT2D eigenvalue weighted by molar-refractivity contribution is -0.137. The smallest absolute Gasteiger partial charge is 0.356 e. The molecule has 152 valence electrons. The van der Waals surface area contributed by atoms with E-state index in [4.69, 9.17) is 0 Å². The predicted octanol–water partition coefficient (Wildman–Crippen LogP) is 5.04. The molecule has 3 aromatic rings. The fourth-order valence-corrected chi connectivity index (χ4v) is 3.73. The van der Waals surface area contributed by atoms with Crippen molar-refractivity contribution in [2.24, 2.45) is 0 Å². The third-order valence-corrected chi connectivity index (χ3v) is 5.60. The fraction of sp³-hybridized carbons (Fsp3) is 0.167. The Morgan fingerprint density at radius 3 is 2.38 bits per heavy atom. The number of carbonyl (C=O) groups excluding carboxylic acids is 1. The first kappa shape index (κ1) is 21.1. The van der Waals surface area contributed by atoms with Crippen molar-refractivity contribution in [3.63, 3.8) is 0 Å². The van der Waals surface area contributed by atoms with E-state index in [1.807, 2.05) is 0 Å². The van der Waals surface area contributed by atoms with Crippen LogP contribution in [0.25, 0.3) is 0 Å². The molecule has 0 aliphatic rings. The van der Waals surface area contributed by atoms with E-state index in [1.54, 1.807) is 12.1 Å². The number of amides is 1. The molecule has 1 amide bonds. The van der Waals surface area contributed by atoms with E-state index in [1.165, 1.54) is 35.6 Å². The summed E-state index contributed by atoms with van der Waals surface area (Å²) < 4.78 is 51.1. The summed E-state index contributed by atoms with van der Waals surface area (Å²) in [6, 6.07) is 10.3. The van der Waals surface area contributed by atoms with Gasteiger partial charge in [-0.2, -0.15) is 13.2 Å². The largest absolute Gasteiger partial charge is 0.416 e. The van der Waals surface area contributed by atoms with Gasteiger partial charge >= 0.3 is 6.18 Å². The van der Waals surface area contributed by atoms with E-state index in [-0.39, 0.29) is 23.2 Å². The minimum absolute atomic E-state index is 0.0353. The van der Waals surface area contributed by atoms with Gasteiger partial charge in [-0.3, -0.25) is 4.79 Å². The van der Waals surface area contributed by atoms with Gasteiger partial charge in [-0.05, 0) is 42.0 Å². The lowest BCUT2D eigenvalue weighted by atomic mass is 10.2. The maximum absolute atomic E-state index is 12.9. The molecular weight excluding hydrogens is 428 g/mol. The van der Waals surface area contributed by atoms with E-state index in [9.17, 15) is 22.4 Å². The topological polar surface area (TPSA) is 66.9 Å². The molecule has 0 aliphatic carbocycles. The van der Waals surface area contributed by atoms with Gasteiger partial charge in [0, 0.05) is 12.2 Å². The van der Waals surface area contributed by atoms with Crippen LogP contribution in [-0.2, 0) is 17.5 Å². The number of nitrogens with one attached hydrogen (secondary N) is 2. The average molecular weight is 442 g/mol. The number of hydrogen-bond acceptors (Lipinski definition) is 6. The van der Waals surface area contributed by atoms with Crippen LogP contribution in [0.4, 0.5) is 28.4 Å². The Morgan fingerprint density at radius 1 is 1.03 bits per heavy atom. The summed E-state index contributed by atoms with van der Waals surface area (Å²) in [7, 11) is 0. The molecule has 2 aromatic carbocycles. The SMILES string of the molecule is O=C(CSc1nnc(NCc2ccc(F)cc2)s1)Nc1ccc(C(F)(F)F)cc1. The van der Waals surface area contributed by atoms with Gasteiger partial charge in [0.15, 0.2) is 4.34 Å². The molecule has 1 heterocycles. The van der Waals surface area contributed by atoms with E-state index < -0.39 is 11.7 Å². The van der Waals surface area contributed by atoms with Gasteiger partial charge in [-0.1, -0.05) is 35.2 Å². The first-order chi connectivity index (χ1) is 13.8. The highest BCUT2D eigenvalue weighted by Gasteiger charge is 2.29. The highest BCUT2D eigenvalue weighted by molar-refractivity contribution is 8.01. The molecule has 1 aromatic heterocycles. The third-order valence-electron chi connectivity index (χ3n) is 3.59. The van der Waals surface area contributed by atoms with Gasteiger partial charge in [0.1, 0.15) is 5.82 Å². The number of anilines is 2. The van der Waals surface area contributed by atoms with Crippen molar-refractivity contribution in [2.45, 2.75) is 17.1 Å². The zero-order chi connectivity index (χ0) is 20.9. The van der Waals surface area contributed by atoms with Gasteiger partial charge < -0.3 is 10.6 Å². The molecule has 5 nitrogen and oxygen atoms in total. The lowest BCUT2D eigenvalue weighted by Crippen LogP contribution is -2.14. The van der Waals surface area contributed by atoms with Crippen molar-refractivity contribution in [3.8, 4) is 0 Å². The minimum Gasteiger partial charge on any atom is -0.356 e. The number of halogens is 4. The van der Waals surface area contributed by atoms with E-state index >= 15 is 0 Å². The standard InChI is InChI=1S/C18H14F4N4OS2/c19-13-5-1-11(2-6-13)9-23-16-25-26-17(29-16)28-10-15(27)24-14-7-3-12(4-8-14)18(20,21)22/h1-8H,9-10H2,(H,23,25)(H,24,27). The number of rotatable bonds is 7. The summed E-state index contributed by atoms with van der Waals surface area (Å²) in [5.41, 5.74) is 0.383. The maximum atomic E-state index is 12.9. The molecule has 0 radical (unpaired) electrons. The molecule has 29 heavy (non-hydrogen) atoms. The van der Waals surface area contributed by atoms with Crippen LogP contribution in [0.1, 0.15) is 11.1 Å². The van der Waals surface area contributed by atoms with E-state index in [2.05, 4.69) is 20.8 Å². The van der Waals surface area contributed by atoms with Crippen molar-refractivity contribution in [1.82, 2.24) is 10.2 Å². The number of aromatic nitrogens is 2. The molecule has 0 unspecified atom stereocenters. The van der Waals surface area contributed by atoms with Crippen molar-refractivity contribution < 1.29 is 22.4 Å². The molecule has 0 spiro atoms. The molecule has 0 fully saturated rings. The minimum atomic E-state index is -4.42. The second-order valence-corrected chi connectivity index (χ2v) is 7.97.